The number of aromatic nitrogens is 3. The number of nitrogens with one attached hydrogen (secondary N) is 1. The van der Waals surface area contributed by atoms with E-state index >= 15 is 0 Å². The lowest BCUT2D eigenvalue weighted by Crippen LogP contribution is -2.14. The van der Waals surface area contributed by atoms with Gasteiger partial charge in [0.1, 0.15) is 10.6 Å². The number of sulfonamides is 1. The van der Waals surface area contributed by atoms with Crippen molar-refractivity contribution in [2.45, 2.75) is 31.7 Å². The quantitative estimate of drug-likeness (QED) is 0.444. The maximum absolute atomic E-state index is 13.0. The third-order valence-electron chi connectivity index (χ3n) is 4.90. The number of hydrogen-bond donors (Lipinski definition) is 1. The van der Waals surface area contributed by atoms with Gasteiger partial charge in [-0.15, -0.1) is 11.3 Å². The van der Waals surface area contributed by atoms with E-state index in [0.29, 0.717) is 5.69 Å². The van der Waals surface area contributed by atoms with E-state index in [1.807, 2.05) is 31.2 Å². The lowest BCUT2D eigenvalue weighted by molar-refractivity contribution is 0.415. The number of hydrogen-bond acceptors (Lipinski definition) is 6. The Morgan fingerprint density at radius 3 is 2.65 bits per heavy atom. The molecule has 7 nitrogen and oxygen atoms in total. The number of anilines is 1. The predicted molar refractivity (Wildman–Crippen MR) is 124 cm³/mol. The summed E-state index contributed by atoms with van der Waals surface area (Å²) in [5.41, 5.74) is 3.16. The molecule has 0 spiro atoms. The zero-order valence-corrected chi connectivity index (χ0v) is 19.6. The van der Waals surface area contributed by atoms with Crippen LogP contribution in [0.2, 0.25) is 0 Å². The van der Waals surface area contributed by atoms with Crippen LogP contribution in [0.15, 0.2) is 47.9 Å². The van der Waals surface area contributed by atoms with Crippen LogP contribution in [0.25, 0.3) is 21.3 Å². The average molecular weight is 457 g/mol. The molecule has 1 N–H and O–H groups in total. The van der Waals surface area contributed by atoms with Crippen LogP contribution in [-0.4, -0.2) is 30.1 Å². The fraction of sp³-hybridized carbons (Fsp3) is 0.273. The molecule has 4 rings (SSSR count). The number of benzene rings is 1. The van der Waals surface area contributed by atoms with Crippen molar-refractivity contribution in [1.82, 2.24) is 14.5 Å². The Morgan fingerprint density at radius 2 is 2.00 bits per heavy atom. The van der Waals surface area contributed by atoms with Crippen LogP contribution >= 0.6 is 11.3 Å². The number of thiophene rings is 1. The molecular formula is C22H24N4O3S2. The number of fused-ring (bicyclic) bond motifs is 1. The standard InChI is InChI=1S/C22H24N4O3S2/c1-13(2)21-19(15-7-6-8-16(10-15)29-5)20-17(9-14(3)24-22(20)30-21)25-31(27,28)18-11-26(4)12-23-18/h6-13H,1-5H3,(H,24,25). The van der Waals surface area contributed by atoms with Crippen molar-refractivity contribution in [2.24, 2.45) is 7.05 Å². The maximum Gasteiger partial charge on any atom is 0.280 e. The zero-order valence-electron chi connectivity index (χ0n) is 18.0. The van der Waals surface area contributed by atoms with E-state index in [1.165, 1.54) is 12.5 Å². The highest BCUT2D eigenvalue weighted by molar-refractivity contribution is 7.92. The molecule has 4 aromatic rings. The number of rotatable bonds is 6. The van der Waals surface area contributed by atoms with Crippen molar-refractivity contribution < 1.29 is 13.2 Å². The fourth-order valence-corrected chi connectivity index (χ4v) is 5.83. The largest absolute Gasteiger partial charge is 0.497 e. The Morgan fingerprint density at radius 1 is 1.23 bits per heavy atom. The Balaban J connectivity index is 1.98. The second kappa shape index (κ2) is 7.97. The molecule has 9 heteroatoms. The van der Waals surface area contributed by atoms with Gasteiger partial charge in [-0.25, -0.2) is 9.97 Å². The van der Waals surface area contributed by atoms with Crippen LogP contribution in [0.1, 0.15) is 30.3 Å². The number of pyridine rings is 1. The van der Waals surface area contributed by atoms with Crippen LogP contribution in [0.3, 0.4) is 0 Å². The number of methoxy groups -OCH3 is 1. The molecule has 0 saturated carbocycles. The minimum atomic E-state index is -3.85. The lowest BCUT2D eigenvalue weighted by atomic mass is 9.97. The number of aryl methyl sites for hydroxylation is 2. The van der Waals surface area contributed by atoms with E-state index in [0.717, 1.165) is 37.7 Å². The summed E-state index contributed by atoms with van der Waals surface area (Å²) in [6.07, 6.45) is 2.94. The van der Waals surface area contributed by atoms with Crippen LogP contribution in [0.4, 0.5) is 5.69 Å². The molecule has 0 atom stereocenters. The van der Waals surface area contributed by atoms with Gasteiger partial charge >= 0.3 is 0 Å². The molecule has 0 bridgehead atoms. The summed E-state index contributed by atoms with van der Waals surface area (Å²) in [5, 5.41) is 0.756. The Hall–Kier alpha value is -2.91. The molecular weight excluding hydrogens is 432 g/mol. The third kappa shape index (κ3) is 4.03. The van der Waals surface area contributed by atoms with Gasteiger partial charge in [0.2, 0.25) is 0 Å². The fourth-order valence-electron chi connectivity index (χ4n) is 3.52. The Kier molecular flexibility index (Phi) is 5.49. The van der Waals surface area contributed by atoms with Gasteiger partial charge in [0.05, 0.1) is 19.1 Å². The molecule has 0 radical (unpaired) electrons. The van der Waals surface area contributed by atoms with E-state index < -0.39 is 10.0 Å². The van der Waals surface area contributed by atoms with Crippen molar-refractivity contribution in [2.75, 3.05) is 11.8 Å². The summed E-state index contributed by atoms with van der Waals surface area (Å²) < 4.78 is 35.8. The first-order valence-corrected chi connectivity index (χ1v) is 12.1. The van der Waals surface area contributed by atoms with Gasteiger partial charge in [0.15, 0.2) is 5.03 Å². The van der Waals surface area contributed by atoms with Crippen molar-refractivity contribution >= 4 is 37.3 Å². The Bertz CT molecular complexity index is 1370. The SMILES string of the molecule is COc1cccc(-c2c(C(C)C)sc3nc(C)cc(NS(=O)(=O)c4cn(C)cn4)c23)c1. The van der Waals surface area contributed by atoms with Crippen molar-refractivity contribution in [3.8, 4) is 16.9 Å². The maximum atomic E-state index is 13.0. The first kappa shape index (κ1) is 21.3. The zero-order chi connectivity index (χ0) is 22.3. The predicted octanol–water partition coefficient (Wildman–Crippen LogP) is 4.94. The molecule has 0 saturated heterocycles. The summed E-state index contributed by atoms with van der Waals surface area (Å²) in [6, 6.07) is 9.56. The second-order valence-corrected chi connectivity index (χ2v) is 10.4. The van der Waals surface area contributed by atoms with E-state index in [9.17, 15) is 8.42 Å². The van der Waals surface area contributed by atoms with Gasteiger partial charge in [0, 0.05) is 34.8 Å². The van der Waals surface area contributed by atoms with E-state index in [1.54, 1.807) is 36.1 Å². The number of nitrogens with zero attached hydrogens (tertiary/aromatic N) is 3. The molecule has 3 heterocycles. The summed E-state index contributed by atoms with van der Waals surface area (Å²) in [7, 11) is -0.491. The number of imidazole rings is 1. The highest BCUT2D eigenvalue weighted by Gasteiger charge is 2.24. The number of ether oxygens (including phenoxy) is 1. The van der Waals surface area contributed by atoms with Gasteiger partial charge in [-0.1, -0.05) is 26.0 Å². The van der Waals surface area contributed by atoms with Gasteiger partial charge in [-0.3, -0.25) is 4.72 Å². The molecule has 162 valence electrons. The van der Waals surface area contributed by atoms with Crippen LogP contribution in [0.5, 0.6) is 5.75 Å². The van der Waals surface area contributed by atoms with Gasteiger partial charge in [-0.2, -0.15) is 8.42 Å². The molecule has 3 aromatic heterocycles. The van der Waals surface area contributed by atoms with E-state index in [2.05, 4.69) is 23.6 Å². The van der Waals surface area contributed by atoms with E-state index in [-0.39, 0.29) is 10.9 Å². The monoisotopic (exact) mass is 456 g/mol. The minimum absolute atomic E-state index is 0.0279. The smallest absolute Gasteiger partial charge is 0.280 e. The molecule has 0 amide bonds. The van der Waals surface area contributed by atoms with Crippen molar-refractivity contribution in [1.29, 1.82) is 0 Å². The third-order valence-corrected chi connectivity index (χ3v) is 7.54. The topological polar surface area (TPSA) is 86.1 Å². The Labute approximate surface area is 185 Å². The van der Waals surface area contributed by atoms with Crippen LogP contribution < -0.4 is 9.46 Å². The molecule has 0 aliphatic rings. The van der Waals surface area contributed by atoms with Gasteiger partial charge < -0.3 is 9.30 Å². The minimum Gasteiger partial charge on any atom is -0.497 e. The van der Waals surface area contributed by atoms with E-state index in [4.69, 9.17) is 9.72 Å². The van der Waals surface area contributed by atoms with Crippen molar-refractivity contribution in [3.63, 3.8) is 0 Å². The first-order valence-electron chi connectivity index (χ1n) is 9.79. The normalized spacial score (nSPS) is 11.9. The summed E-state index contributed by atoms with van der Waals surface area (Å²) in [4.78, 5) is 10.6. The van der Waals surface area contributed by atoms with Crippen molar-refractivity contribution in [3.05, 3.63) is 53.4 Å². The summed E-state index contributed by atoms with van der Waals surface area (Å²) >= 11 is 1.59. The van der Waals surface area contributed by atoms with Crippen LogP contribution in [-0.2, 0) is 17.1 Å². The molecule has 0 aliphatic heterocycles. The highest BCUT2D eigenvalue weighted by Crippen LogP contribution is 2.45. The van der Waals surface area contributed by atoms with Gasteiger partial charge in [0.25, 0.3) is 10.0 Å². The van der Waals surface area contributed by atoms with Gasteiger partial charge in [-0.05, 0) is 36.6 Å². The molecule has 0 fully saturated rings. The molecule has 0 unspecified atom stereocenters. The lowest BCUT2D eigenvalue weighted by Gasteiger charge is -2.13. The molecule has 0 aliphatic carbocycles. The average Bonchev–Trinajstić information content (AvgIpc) is 3.32. The molecule has 31 heavy (non-hydrogen) atoms. The van der Waals surface area contributed by atoms with Crippen LogP contribution in [0, 0.1) is 6.92 Å². The second-order valence-electron chi connectivity index (χ2n) is 7.70. The summed E-state index contributed by atoms with van der Waals surface area (Å²) in [5.74, 6) is 0.975. The molecule has 1 aromatic carbocycles. The first-order chi connectivity index (χ1) is 14.7. The highest BCUT2D eigenvalue weighted by atomic mass is 32.2. The summed E-state index contributed by atoms with van der Waals surface area (Å²) in [6.45, 7) is 6.11.